The Kier molecular flexibility index (Phi) is 5.42. The third kappa shape index (κ3) is 3.81. The largest absolute Gasteiger partial charge is 0.450 e. The number of nitrogens with zero attached hydrogens (tertiary/aromatic N) is 8. The van der Waals surface area contributed by atoms with Gasteiger partial charge < -0.3 is 9.15 Å². The van der Waals surface area contributed by atoms with E-state index in [1.54, 1.807) is 58.9 Å². The number of aryl methyl sites for hydroxylation is 2. The first-order valence-electron chi connectivity index (χ1n) is 12.3. The van der Waals surface area contributed by atoms with Gasteiger partial charge in [-0.3, -0.25) is 13.9 Å². The lowest BCUT2D eigenvalue weighted by atomic mass is 9.97. The van der Waals surface area contributed by atoms with Crippen molar-refractivity contribution >= 4 is 22.2 Å². The zero-order valence-electron chi connectivity index (χ0n) is 21.0. The van der Waals surface area contributed by atoms with Crippen LogP contribution in [0, 0.1) is 11.3 Å². The van der Waals surface area contributed by atoms with Crippen molar-refractivity contribution in [2.45, 2.75) is 51.4 Å². The van der Waals surface area contributed by atoms with Gasteiger partial charge in [-0.1, -0.05) is 6.92 Å². The third-order valence-electron chi connectivity index (χ3n) is 6.97. The zero-order valence-corrected chi connectivity index (χ0v) is 21.0. The Morgan fingerprint density at radius 3 is 2.41 bits per heavy atom. The number of ether oxygens (including phenoxy) is 1. The molecule has 0 N–H and O–H groups in total. The van der Waals surface area contributed by atoms with Crippen LogP contribution >= 0.6 is 0 Å². The van der Waals surface area contributed by atoms with Crippen molar-refractivity contribution in [1.29, 1.82) is 5.26 Å². The summed E-state index contributed by atoms with van der Waals surface area (Å²) in [6.07, 6.45) is 9.13. The summed E-state index contributed by atoms with van der Waals surface area (Å²) in [5.41, 5.74) is 4.15. The molecule has 1 aliphatic rings. The fraction of sp³-hybridized carbons (Fsp3) is 0.385. The van der Waals surface area contributed by atoms with Gasteiger partial charge in [-0.25, -0.2) is 9.78 Å². The second-order valence-electron chi connectivity index (χ2n) is 9.64. The highest BCUT2D eigenvalue weighted by atomic mass is 16.5. The maximum atomic E-state index is 13.7. The number of nitriles is 1. The molecular weight excluding hydrogens is 472 g/mol. The van der Waals surface area contributed by atoms with Gasteiger partial charge in [0.1, 0.15) is 22.8 Å². The Bertz CT molecular complexity index is 1750. The molecule has 11 heteroatoms. The predicted molar refractivity (Wildman–Crippen MR) is 136 cm³/mol. The highest BCUT2D eigenvalue weighted by Crippen LogP contribution is 2.38. The average molecular weight is 499 g/mol. The molecule has 3 unspecified atom stereocenters. The van der Waals surface area contributed by atoms with Gasteiger partial charge >= 0.3 is 5.69 Å². The Hall–Kier alpha value is -4.30. The Balaban J connectivity index is 1.69. The van der Waals surface area contributed by atoms with Gasteiger partial charge in [0, 0.05) is 49.7 Å². The van der Waals surface area contributed by atoms with Crippen LogP contribution in [0.25, 0.3) is 44.7 Å². The summed E-state index contributed by atoms with van der Waals surface area (Å²) >= 11 is 0. The number of hydrogen-bond acceptors (Lipinski definition) is 8. The predicted octanol–water partition coefficient (Wildman–Crippen LogP) is 3.73. The van der Waals surface area contributed by atoms with Gasteiger partial charge in [-0.05, 0) is 26.2 Å². The van der Waals surface area contributed by atoms with Crippen LogP contribution in [-0.4, -0.2) is 46.3 Å². The van der Waals surface area contributed by atoms with Crippen molar-refractivity contribution in [3.63, 3.8) is 0 Å². The summed E-state index contributed by atoms with van der Waals surface area (Å²) in [5.74, 6) is 0. The van der Waals surface area contributed by atoms with Crippen LogP contribution in [-0.2, 0) is 18.8 Å². The molecule has 1 fully saturated rings. The van der Waals surface area contributed by atoms with Crippen molar-refractivity contribution in [2.75, 3.05) is 0 Å². The summed E-state index contributed by atoms with van der Waals surface area (Å²) in [7, 11) is 3.61. The number of hydrogen-bond donors (Lipinski definition) is 0. The molecule has 0 saturated carbocycles. The van der Waals surface area contributed by atoms with Crippen LogP contribution in [0.2, 0.25) is 0 Å². The Morgan fingerprint density at radius 2 is 1.78 bits per heavy atom. The van der Waals surface area contributed by atoms with E-state index < -0.39 is 0 Å². The molecule has 3 atom stereocenters. The molecule has 188 valence electrons. The van der Waals surface area contributed by atoms with Crippen LogP contribution in [0.1, 0.15) is 44.7 Å². The molecule has 5 aromatic rings. The van der Waals surface area contributed by atoms with Crippen LogP contribution in [0.5, 0.6) is 0 Å². The van der Waals surface area contributed by atoms with Crippen LogP contribution in [0.3, 0.4) is 0 Å². The summed E-state index contributed by atoms with van der Waals surface area (Å²) in [6.45, 7) is 4.11. The molecule has 1 aliphatic heterocycles. The quantitative estimate of drug-likeness (QED) is 0.366. The van der Waals surface area contributed by atoms with Crippen molar-refractivity contribution in [1.82, 2.24) is 34.1 Å². The number of furan rings is 1. The zero-order chi connectivity index (χ0) is 25.8. The summed E-state index contributed by atoms with van der Waals surface area (Å²) < 4.78 is 17.4. The lowest BCUT2D eigenvalue weighted by Gasteiger charge is -2.34. The Morgan fingerprint density at radius 1 is 1.08 bits per heavy atom. The second-order valence-corrected chi connectivity index (χ2v) is 9.64. The molecular formula is C26H26N8O3. The van der Waals surface area contributed by atoms with Gasteiger partial charge in [0.15, 0.2) is 11.2 Å². The topological polar surface area (TPSA) is 130 Å². The molecule has 0 radical (unpaired) electrons. The van der Waals surface area contributed by atoms with E-state index in [-0.39, 0.29) is 23.9 Å². The van der Waals surface area contributed by atoms with Gasteiger partial charge in [-0.15, -0.1) is 0 Å². The van der Waals surface area contributed by atoms with E-state index in [2.05, 4.69) is 28.2 Å². The van der Waals surface area contributed by atoms with Crippen molar-refractivity contribution in [3.05, 3.63) is 46.9 Å². The molecule has 6 rings (SSSR count). The van der Waals surface area contributed by atoms with Gasteiger partial charge in [0.25, 0.3) is 0 Å². The molecule has 11 nitrogen and oxygen atoms in total. The second kappa shape index (κ2) is 8.67. The monoisotopic (exact) mass is 498 g/mol. The first kappa shape index (κ1) is 23.1. The highest BCUT2D eigenvalue weighted by Gasteiger charge is 2.32. The first-order valence-corrected chi connectivity index (χ1v) is 12.3. The molecule has 0 bridgehead atoms. The number of pyridine rings is 1. The summed E-state index contributed by atoms with van der Waals surface area (Å²) in [4.78, 5) is 23.1. The summed E-state index contributed by atoms with van der Waals surface area (Å²) in [5, 5.41) is 18.4. The van der Waals surface area contributed by atoms with E-state index in [0.717, 1.165) is 6.42 Å². The van der Waals surface area contributed by atoms with Crippen LogP contribution < -0.4 is 5.69 Å². The van der Waals surface area contributed by atoms with E-state index in [4.69, 9.17) is 14.1 Å². The minimum absolute atomic E-state index is 0.00841. The lowest BCUT2D eigenvalue weighted by molar-refractivity contribution is -0.0594. The average Bonchev–Trinajstić information content (AvgIpc) is 3.60. The molecule has 6 heterocycles. The van der Waals surface area contributed by atoms with Crippen molar-refractivity contribution in [3.8, 4) is 28.6 Å². The van der Waals surface area contributed by atoms with Gasteiger partial charge in [0.05, 0.1) is 35.9 Å². The fourth-order valence-electron chi connectivity index (χ4n) is 5.31. The van der Waals surface area contributed by atoms with E-state index in [9.17, 15) is 10.1 Å². The minimum atomic E-state index is -0.378. The van der Waals surface area contributed by atoms with E-state index >= 15 is 0 Å². The minimum Gasteiger partial charge on any atom is -0.450 e. The van der Waals surface area contributed by atoms with Crippen molar-refractivity contribution < 1.29 is 9.15 Å². The smallest absolute Gasteiger partial charge is 0.349 e. The van der Waals surface area contributed by atoms with E-state index in [1.807, 2.05) is 6.92 Å². The molecule has 0 aromatic carbocycles. The standard InChI is InChI=1S/C26H26N8O3/c1-5-19-8-18(6-14(2)36-19)34-24-23-20(7-15(9-27)21(30-23)16-10-28-32(3)12-16)37-25(24)22(31-26(34)35)17-11-29-33(4)13-17/h7,10-14,18-19H,5-6,8H2,1-4H3. The summed E-state index contributed by atoms with van der Waals surface area (Å²) in [6, 6.07) is 3.76. The van der Waals surface area contributed by atoms with Gasteiger partial charge in [-0.2, -0.15) is 20.4 Å². The molecule has 0 spiro atoms. The molecule has 0 amide bonds. The number of rotatable bonds is 4. The van der Waals surface area contributed by atoms with E-state index in [1.165, 1.54) is 0 Å². The van der Waals surface area contributed by atoms with Crippen LogP contribution in [0.4, 0.5) is 0 Å². The van der Waals surface area contributed by atoms with Gasteiger partial charge in [0.2, 0.25) is 0 Å². The number of aromatic nitrogens is 7. The first-order chi connectivity index (χ1) is 17.9. The molecule has 5 aromatic heterocycles. The molecule has 37 heavy (non-hydrogen) atoms. The SMILES string of the molecule is CCC1CC(n2c(=O)nc(-c3cnn(C)c3)c3oc4cc(C#N)c(-c5cnn(C)c5)nc4c32)CC(C)O1. The maximum Gasteiger partial charge on any atom is 0.349 e. The lowest BCUT2D eigenvalue weighted by Crippen LogP contribution is -2.37. The highest BCUT2D eigenvalue weighted by molar-refractivity contribution is 6.05. The maximum absolute atomic E-state index is 13.7. The molecule has 1 saturated heterocycles. The third-order valence-corrected chi connectivity index (χ3v) is 6.97. The fourth-order valence-corrected chi connectivity index (χ4v) is 5.31. The molecule has 0 aliphatic carbocycles. The van der Waals surface area contributed by atoms with Crippen LogP contribution in [0.15, 0.2) is 40.1 Å². The van der Waals surface area contributed by atoms with Crippen molar-refractivity contribution in [2.24, 2.45) is 14.1 Å². The number of fused-ring (bicyclic) bond motifs is 3. The Labute approximate surface area is 211 Å². The normalized spacial score (nSPS) is 20.0. The van der Waals surface area contributed by atoms with E-state index in [0.29, 0.717) is 63.1 Å².